The highest BCUT2D eigenvalue weighted by Gasteiger charge is 2.30. The quantitative estimate of drug-likeness (QED) is 0.706. The third-order valence-corrected chi connectivity index (χ3v) is 7.19. The summed E-state index contributed by atoms with van der Waals surface area (Å²) in [7, 11) is -3.64. The molecule has 7 nitrogen and oxygen atoms in total. The molecule has 1 heterocycles. The molecule has 0 saturated carbocycles. The second-order valence-corrected chi connectivity index (χ2v) is 9.20. The number of ether oxygens (including phenoxy) is 1. The number of rotatable bonds is 6. The number of hydrogen-bond donors (Lipinski definition) is 0. The van der Waals surface area contributed by atoms with Gasteiger partial charge in [-0.2, -0.15) is 9.57 Å². The van der Waals surface area contributed by atoms with E-state index in [0.29, 0.717) is 18.7 Å². The molecule has 2 aromatic rings. The molecule has 0 aromatic heterocycles. The van der Waals surface area contributed by atoms with Gasteiger partial charge in [0, 0.05) is 26.2 Å². The average molecular weight is 428 g/mol. The van der Waals surface area contributed by atoms with E-state index in [9.17, 15) is 13.2 Å². The molecule has 0 radical (unpaired) electrons. The summed E-state index contributed by atoms with van der Waals surface area (Å²) >= 11 is 0. The number of nitriles is 1. The first-order valence-electron chi connectivity index (χ1n) is 9.79. The van der Waals surface area contributed by atoms with Crippen LogP contribution in [0.1, 0.15) is 23.1 Å². The standard InChI is InChI=1S/C22H25N3O4S/c1-17-3-6-20(15-18(17)2)29-14-9-22(26)24-10-12-25(13-11-24)30(27,28)21-7-4-19(16-23)5-8-21/h3-8,15H,9-14H2,1-2H3. The Balaban J connectivity index is 1.49. The summed E-state index contributed by atoms with van der Waals surface area (Å²) in [6.45, 7) is 5.50. The number of carbonyl (C=O) groups is 1. The van der Waals surface area contributed by atoms with Crippen molar-refractivity contribution in [1.29, 1.82) is 5.26 Å². The maximum Gasteiger partial charge on any atom is 0.243 e. The van der Waals surface area contributed by atoms with Crippen molar-refractivity contribution in [2.45, 2.75) is 25.2 Å². The Morgan fingerprint density at radius 1 is 1.03 bits per heavy atom. The second kappa shape index (κ2) is 9.28. The maximum atomic E-state index is 12.8. The molecule has 0 spiro atoms. The fourth-order valence-electron chi connectivity index (χ4n) is 3.25. The Morgan fingerprint density at radius 3 is 2.30 bits per heavy atom. The van der Waals surface area contributed by atoms with Crippen LogP contribution in [0.2, 0.25) is 0 Å². The van der Waals surface area contributed by atoms with Crippen LogP contribution in [0.3, 0.4) is 0 Å². The molecule has 0 unspecified atom stereocenters. The van der Waals surface area contributed by atoms with E-state index < -0.39 is 10.0 Å². The zero-order valence-corrected chi connectivity index (χ0v) is 18.0. The SMILES string of the molecule is Cc1ccc(OCCC(=O)N2CCN(S(=O)(=O)c3ccc(C#N)cc3)CC2)cc1C. The number of carbonyl (C=O) groups excluding carboxylic acids is 1. The normalized spacial score (nSPS) is 14.9. The summed E-state index contributed by atoms with van der Waals surface area (Å²) in [6, 6.07) is 13.7. The number of hydrogen-bond acceptors (Lipinski definition) is 5. The van der Waals surface area contributed by atoms with Gasteiger partial charge in [0.25, 0.3) is 0 Å². The van der Waals surface area contributed by atoms with Crippen molar-refractivity contribution in [2.75, 3.05) is 32.8 Å². The minimum absolute atomic E-state index is 0.0470. The van der Waals surface area contributed by atoms with E-state index in [4.69, 9.17) is 10.00 Å². The molecule has 1 aliphatic heterocycles. The number of amides is 1. The fraction of sp³-hybridized carbons (Fsp3) is 0.364. The van der Waals surface area contributed by atoms with Crippen molar-refractivity contribution in [1.82, 2.24) is 9.21 Å². The molecule has 8 heteroatoms. The van der Waals surface area contributed by atoms with Gasteiger partial charge < -0.3 is 9.64 Å². The third-order valence-electron chi connectivity index (χ3n) is 5.28. The van der Waals surface area contributed by atoms with Gasteiger partial charge in [0.15, 0.2) is 0 Å². The van der Waals surface area contributed by atoms with E-state index in [1.54, 1.807) is 4.90 Å². The van der Waals surface area contributed by atoms with Gasteiger partial charge in [0.1, 0.15) is 5.75 Å². The number of sulfonamides is 1. The third kappa shape index (κ3) is 4.99. The molecule has 0 N–H and O–H groups in total. The van der Waals surface area contributed by atoms with Crippen LogP contribution in [-0.4, -0.2) is 56.3 Å². The van der Waals surface area contributed by atoms with Crippen LogP contribution in [-0.2, 0) is 14.8 Å². The van der Waals surface area contributed by atoms with Gasteiger partial charge in [-0.05, 0) is 61.4 Å². The van der Waals surface area contributed by atoms with Crippen LogP contribution in [0.25, 0.3) is 0 Å². The van der Waals surface area contributed by atoms with Crippen molar-refractivity contribution in [3.05, 3.63) is 59.2 Å². The molecule has 2 aromatic carbocycles. The largest absolute Gasteiger partial charge is 0.493 e. The molecular weight excluding hydrogens is 402 g/mol. The Bertz CT molecular complexity index is 1050. The van der Waals surface area contributed by atoms with Crippen molar-refractivity contribution in [3.63, 3.8) is 0 Å². The molecule has 1 fully saturated rings. The smallest absolute Gasteiger partial charge is 0.243 e. The molecule has 3 rings (SSSR count). The zero-order valence-electron chi connectivity index (χ0n) is 17.2. The molecule has 158 valence electrons. The summed E-state index contributed by atoms with van der Waals surface area (Å²) in [5.41, 5.74) is 2.73. The fourth-order valence-corrected chi connectivity index (χ4v) is 4.67. The van der Waals surface area contributed by atoms with Gasteiger partial charge in [0.2, 0.25) is 15.9 Å². The van der Waals surface area contributed by atoms with Crippen LogP contribution in [0, 0.1) is 25.2 Å². The monoisotopic (exact) mass is 427 g/mol. The van der Waals surface area contributed by atoms with E-state index in [-0.39, 0.29) is 36.9 Å². The van der Waals surface area contributed by atoms with Crippen LogP contribution < -0.4 is 4.74 Å². The maximum absolute atomic E-state index is 12.8. The number of aryl methyl sites for hydroxylation is 2. The molecule has 1 saturated heterocycles. The van der Waals surface area contributed by atoms with E-state index in [1.807, 2.05) is 38.1 Å². The predicted molar refractivity (Wildman–Crippen MR) is 113 cm³/mol. The van der Waals surface area contributed by atoms with Crippen LogP contribution in [0.4, 0.5) is 0 Å². The molecular formula is C22H25N3O4S. The van der Waals surface area contributed by atoms with E-state index in [1.165, 1.54) is 34.1 Å². The zero-order chi connectivity index (χ0) is 21.7. The predicted octanol–water partition coefficient (Wildman–Crippen LogP) is 2.48. The van der Waals surface area contributed by atoms with E-state index in [2.05, 4.69) is 0 Å². The lowest BCUT2D eigenvalue weighted by molar-refractivity contribution is -0.132. The van der Waals surface area contributed by atoms with Crippen molar-refractivity contribution in [3.8, 4) is 11.8 Å². The lowest BCUT2D eigenvalue weighted by atomic mass is 10.1. The highest BCUT2D eigenvalue weighted by molar-refractivity contribution is 7.89. The van der Waals surface area contributed by atoms with Crippen LogP contribution in [0.5, 0.6) is 5.75 Å². The van der Waals surface area contributed by atoms with Crippen molar-refractivity contribution >= 4 is 15.9 Å². The summed E-state index contributed by atoms with van der Waals surface area (Å²) in [6.07, 6.45) is 0.245. The Morgan fingerprint density at radius 2 is 1.70 bits per heavy atom. The topological polar surface area (TPSA) is 90.7 Å². The molecule has 0 atom stereocenters. The first-order chi connectivity index (χ1) is 14.3. The molecule has 0 bridgehead atoms. The van der Waals surface area contributed by atoms with E-state index >= 15 is 0 Å². The highest BCUT2D eigenvalue weighted by Crippen LogP contribution is 2.19. The van der Waals surface area contributed by atoms with Gasteiger partial charge in [-0.1, -0.05) is 6.07 Å². The average Bonchev–Trinajstić information content (AvgIpc) is 2.76. The lowest BCUT2D eigenvalue weighted by Crippen LogP contribution is -2.50. The molecule has 1 amide bonds. The number of nitrogens with zero attached hydrogens (tertiary/aromatic N) is 3. The van der Waals surface area contributed by atoms with Gasteiger partial charge >= 0.3 is 0 Å². The second-order valence-electron chi connectivity index (χ2n) is 7.27. The highest BCUT2D eigenvalue weighted by atomic mass is 32.2. The van der Waals surface area contributed by atoms with Crippen molar-refractivity contribution in [2.24, 2.45) is 0 Å². The Labute approximate surface area is 177 Å². The minimum Gasteiger partial charge on any atom is -0.493 e. The summed E-state index contributed by atoms with van der Waals surface area (Å²) in [4.78, 5) is 14.3. The first-order valence-corrected chi connectivity index (χ1v) is 11.2. The van der Waals surface area contributed by atoms with Crippen LogP contribution in [0.15, 0.2) is 47.4 Å². The van der Waals surface area contributed by atoms with E-state index in [0.717, 1.165) is 11.3 Å². The van der Waals surface area contributed by atoms with Gasteiger partial charge in [-0.3, -0.25) is 4.79 Å². The van der Waals surface area contributed by atoms with Gasteiger partial charge in [-0.25, -0.2) is 8.42 Å². The van der Waals surface area contributed by atoms with Crippen molar-refractivity contribution < 1.29 is 17.9 Å². The molecule has 0 aliphatic carbocycles. The summed E-state index contributed by atoms with van der Waals surface area (Å²) in [5, 5.41) is 8.85. The summed E-state index contributed by atoms with van der Waals surface area (Å²) in [5.74, 6) is 0.693. The van der Waals surface area contributed by atoms with Crippen LogP contribution >= 0.6 is 0 Å². The molecule has 1 aliphatic rings. The lowest BCUT2D eigenvalue weighted by Gasteiger charge is -2.34. The number of benzene rings is 2. The summed E-state index contributed by atoms with van der Waals surface area (Å²) < 4.78 is 32.6. The first kappa shape index (κ1) is 21.8. The minimum atomic E-state index is -3.64. The Hall–Kier alpha value is -2.89. The number of piperazine rings is 1. The molecule has 30 heavy (non-hydrogen) atoms. The van der Waals surface area contributed by atoms with Gasteiger partial charge in [-0.15, -0.1) is 0 Å². The van der Waals surface area contributed by atoms with Gasteiger partial charge in [0.05, 0.1) is 29.6 Å². The Kier molecular flexibility index (Phi) is 6.75.